The van der Waals surface area contributed by atoms with Crippen molar-refractivity contribution in [3.05, 3.63) is 71.7 Å². The number of benzene rings is 2. The summed E-state index contributed by atoms with van der Waals surface area (Å²) in [4.78, 5) is 17.0. The van der Waals surface area contributed by atoms with Crippen LogP contribution in [0.5, 0.6) is 0 Å². The number of carbonyl (C=O) groups is 1. The summed E-state index contributed by atoms with van der Waals surface area (Å²) in [6.07, 6.45) is 1.62. The number of rotatable bonds is 3. The molecule has 4 heteroatoms. The molecule has 0 atom stereocenters. The van der Waals surface area contributed by atoms with Crippen LogP contribution in [0.3, 0.4) is 0 Å². The topological polar surface area (TPSA) is 42.0 Å². The Kier molecular flexibility index (Phi) is 3.56. The first-order chi connectivity index (χ1) is 9.83. The molecule has 3 aromatic rings. The lowest BCUT2D eigenvalue weighted by Crippen LogP contribution is -2.09. The monoisotopic (exact) mass is 280 g/mol. The number of nitrogens with zero attached hydrogens (tertiary/aromatic N) is 1. The zero-order valence-electron chi connectivity index (χ0n) is 10.6. The molecule has 0 aliphatic carbocycles. The fourth-order valence-corrected chi connectivity index (χ4v) is 2.62. The number of hydrogen-bond donors (Lipinski definition) is 1. The van der Waals surface area contributed by atoms with E-state index in [-0.39, 0.29) is 5.91 Å². The summed E-state index contributed by atoms with van der Waals surface area (Å²) in [7, 11) is 0. The van der Waals surface area contributed by atoms with E-state index in [9.17, 15) is 4.79 Å². The Labute approximate surface area is 120 Å². The Bertz CT molecular complexity index is 708. The van der Waals surface area contributed by atoms with Crippen LogP contribution in [0.15, 0.2) is 66.9 Å². The van der Waals surface area contributed by atoms with E-state index in [0.717, 1.165) is 16.3 Å². The molecule has 20 heavy (non-hydrogen) atoms. The summed E-state index contributed by atoms with van der Waals surface area (Å²) in [6.45, 7) is 0. The molecule has 0 saturated carbocycles. The summed E-state index contributed by atoms with van der Waals surface area (Å²) in [5.74, 6) is -0.129. The molecule has 1 aromatic heterocycles. The molecule has 0 radical (unpaired) electrons. The Morgan fingerprint density at radius 1 is 0.950 bits per heavy atom. The van der Waals surface area contributed by atoms with Gasteiger partial charge in [-0.2, -0.15) is 0 Å². The second-order valence-corrected chi connectivity index (χ2v) is 5.25. The maximum absolute atomic E-state index is 12.1. The van der Waals surface area contributed by atoms with Gasteiger partial charge in [-0.05, 0) is 12.1 Å². The highest BCUT2D eigenvalue weighted by Crippen LogP contribution is 2.25. The van der Waals surface area contributed by atoms with Crippen LogP contribution in [-0.2, 0) is 0 Å². The number of anilines is 1. The molecule has 0 spiro atoms. The average Bonchev–Trinajstić information content (AvgIpc) is 2.99. The van der Waals surface area contributed by atoms with Crippen molar-refractivity contribution < 1.29 is 4.79 Å². The number of amides is 1. The van der Waals surface area contributed by atoms with Crippen molar-refractivity contribution in [3.8, 4) is 10.6 Å². The molecule has 0 unspecified atom stereocenters. The average molecular weight is 280 g/mol. The van der Waals surface area contributed by atoms with Gasteiger partial charge in [-0.1, -0.05) is 48.5 Å². The van der Waals surface area contributed by atoms with Crippen LogP contribution in [0.25, 0.3) is 10.6 Å². The van der Waals surface area contributed by atoms with Crippen LogP contribution < -0.4 is 5.32 Å². The standard InChI is InChI=1S/C16H12N2OS/c19-15(18-13-9-5-2-6-10-13)14-11-17-16(20-14)12-7-3-1-4-8-12/h1-11H,(H,18,19). The molecule has 0 aliphatic heterocycles. The van der Waals surface area contributed by atoms with Gasteiger partial charge >= 0.3 is 0 Å². The second-order valence-electron chi connectivity index (χ2n) is 4.22. The van der Waals surface area contributed by atoms with Crippen LogP contribution in [0.1, 0.15) is 9.67 Å². The van der Waals surface area contributed by atoms with Gasteiger partial charge in [0.25, 0.3) is 5.91 Å². The quantitative estimate of drug-likeness (QED) is 0.786. The summed E-state index contributed by atoms with van der Waals surface area (Å²) < 4.78 is 0. The summed E-state index contributed by atoms with van der Waals surface area (Å²) >= 11 is 1.39. The minimum atomic E-state index is -0.129. The molecule has 3 rings (SSSR count). The van der Waals surface area contributed by atoms with Gasteiger partial charge < -0.3 is 5.32 Å². The molecule has 0 bridgehead atoms. The van der Waals surface area contributed by atoms with Crippen molar-refractivity contribution in [3.63, 3.8) is 0 Å². The first-order valence-electron chi connectivity index (χ1n) is 6.20. The lowest BCUT2D eigenvalue weighted by atomic mass is 10.2. The maximum Gasteiger partial charge on any atom is 0.267 e. The van der Waals surface area contributed by atoms with Gasteiger partial charge in [0, 0.05) is 11.3 Å². The van der Waals surface area contributed by atoms with Crippen LogP contribution in [0.2, 0.25) is 0 Å². The normalized spacial score (nSPS) is 10.2. The zero-order valence-corrected chi connectivity index (χ0v) is 11.4. The Morgan fingerprint density at radius 2 is 1.60 bits per heavy atom. The van der Waals surface area contributed by atoms with E-state index < -0.39 is 0 Å². The van der Waals surface area contributed by atoms with Gasteiger partial charge in [-0.15, -0.1) is 11.3 Å². The predicted octanol–water partition coefficient (Wildman–Crippen LogP) is 4.06. The molecule has 0 aliphatic rings. The molecule has 0 fully saturated rings. The highest BCUT2D eigenvalue weighted by atomic mass is 32.1. The molecular weight excluding hydrogens is 268 g/mol. The van der Waals surface area contributed by atoms with E-state index in [1.807, 2.05) is 60.7 Å². The van der Waals surface area contributed by atoms with Crippen LogP contribution >= 0.6 is 11.3 Å². The number of aromatic nitrogens is 1. The number of carbonyl (C=O) groups excluding carboxylic acids is 1. The van der Waals surface area contributed by atoms with E-state index in [4.69, 9.17) is 0 Å². The van der Waals surface area contributed by atoms with Crippen molar-refractivity contribution in [1.29, 1.82) is 0 Å². The lowest BCUT2D eigenvalue weighted by molar-refractivity contribution is 0.103. The predicted molar refractivity (Wildman–Crippen MR) is 81.9 cm³/mol. The first kappa shape index (κ1) is 12.6. The van der Waals surface area contributed by atoms with E-state index in [1.54, 1.807) is 6.20 Å². The zero-order chi connectivity index (χ0) is 13.8. The summed E-state index contributed by atoms with van der Waals surface area (Å²) in [6, 6.07) is 19.2. The molecule has 3 nitrogen and oxygen atoms in total. The van der Waals surface area contributed by atoms with Crippen molar-refractivity contribution in [2.24, 2.45) is 0 Å². The first-order valence-corrected chi connectivity index (χ1v) is 7.02. The minimum Gasteiger partial charge on any atom is -0.321 e. The number of hydrogen-bond acceptors (Lipinski definition) is 3. The Balaban J connectivity index is 1.79. The Hall–Kier alpha value is -2.46. The summed E-state index contributed by atoms with van der Waals surface area (Å²) in [5, 5.41) is 3.71. The third kappa shape index (κ3) is 2.75. The largest absolute Gasteiger partial charge is 0.321 e. The lowest BCUT2D eigenvalue weighted by Gasteiger charge is -2.01. The van der Waals surface area contributed by atoms with Crippen LogP contribution in [0.4, 0.5) is 5.69 Å². The molecular formula is C16H12N2OS. The molecule has 1 N–H and O–H groups in total. The number of nitrogens with one attached hydrogen (secondary N) is 1. The van der Waals surface area contributed by atoms with Crippen molar-refractivity contribution in [1.82, 2.24) is 4.98 Å². The van der Waals surface area contributed by atoms with Gasteiger partial charge in [-0.25, -0.2) is 4.98 Å². The van der Waals surface area contributed by atoms with Gasteiger partial charge in [0.1, 0.15) is 9.88 Å². The van der Waals surface area contributed by atoms with Crippen LogP contribution in [0, 0.1) is 0 Å². The third-order valence-corrected chi connectivity index (χ3v) is 3.83. The van der Waals surface area contributed by atoms with E-state index >= 15 is 0 Å². The van der Waals surface area contributed by atoms with Gasteiger partial charge in [0.15, 0.2) is 0 Å². The number of thiazole rings is 1. The molecule has 98 valence electrons. The highest BCUT2D eigenvalue weighted by molar-refractivity contribution is 7.17. The smallest absolute Gasteiger partial charge is 0.267 e. The molecule has 0 saturated heterocycles. The fourth-order valence-electron chi connectivity index (χ4n) is 1.81. The minimum absolute atomic E-state index is 0.129. The fraction of sp³-hybridized carbons (Fsp3) is 0. The highest BCUT2D eigenvalue weighted by Gasteiger charge is 2.11. The van der Waals surface area contributed by atoms with Gasteiger partial charge in [-0.3, -0.25) is 4.79 Å². The molecule has 2 aromatic carbocycles. The second kappa shape index (κ2) is 5.67. The third-order valence-electron chi connectivity index (χ3n) is 2.78. The van der Waals surface area contributed by atoms with Crippen LogP contribution in [-0.4, -0.2) is 10.9 Å². The molecule has 1 amide bonds. The maximum atomic E-state index is 12.1. The summed E-state index contributed by atoms with van der Waals surface area (Å²) in [5.41, 5.74) is 1.81. The van der Waals surface area contributed by atoms with Crippen molar-refractivity contribution >= 4 is 22.9 Å². The van der Waals surface area contributed by atoms with E-state index in [1.165, 1.54) is 11.3 Å². The SMILES string of the molecule is O=C(Nc1ccccc1)c1cnc(-c2ccccc2)s1. The Morgan fingerprint density at radius 3 is 2.30 bits per heavy atom. The van der Waals surface area contributed by atoms with Crippen molar-refractivity contribution in [2.45, 2.75) is 0 Å². The van der Waals surface area contributed by atoms with Crippen molar-refractivity contribution in [2.75, 3.05) is 5.32 Å². The van der Waals surface area contributed by atoms with Gasteiger partial charge in [0.2, 0.25) is 0 Å². The van der Waals surface area contributed by atoms with E-state index in [0.29, 0.717) is 4.88 Å². The van der Waals surface area contributed by atoms with Gasteiger partial charge in [0.05, 0.1) is 6.20 Å². The van der Waals surface area contributed by atoms with E-state index in [2.05, 4.69) is 10.3 Å². The number of para-hydroxylation sites is 1. The molecule has 1 heterocycles.